The van der Waals surface area contributed by atoms with Gasteiger partial charge in [-0.3, -0.25) is 4.90 Å². The highest BCUT2D eigenvalue weighted by molar-refractivity contribution is 5.85. The van der Waals surface area contributed by atoms with Gasteiger partial charge in [-0.1, -0.05) is 18.2 Å². The van der Waals surface area contributed by atoms with Crippen molar-refractivity contribution in [2.24, 2.45) is 7.05 Å². The average Bonchev–Trinajstić information content (AvgIpc) is 2.88. The number of imidazole rings is 1. The molecule has 1 aliphatic rings. The molecule has 3 rings (SSSR count). The second-order valence-electron chi connectivity index (χ2n) is 5.18. The number of aromatic nitrogens is 2. The molecule has 1 saturated heterocycles. The van der Waals surface area contributed by atoms with Crippen molar-refractivity contribution in [1.29, 1.82) is 0 Å². The lowest BCUT2D eigenvalue weighted by Gasteiger charge is -2.35. The van der Waals surface area contributed by atoms with Crippen LogP contribution < -0.4 is 5.32 Å². The molecular formula is C15H20ClFN4. The first-order valence-electron chi connectivity index (χ1n) is 6.91. The third-order valence-electron chi connectivity index (χ3n) is 3.84. The van der Waals surface area contributed by atoms with Gasteiger partial charge in [0.2, 0.25) is 0 Å². The van der Waals surface area contributed by atoms with E-state index in [-0.39, 0.29) is 24.3 Å². The van der Waals surface area contributed by atoms with Crippen molar-refractivity contribution < 1.29 is 4.39 Å². The second-order valence-corrected chi connectivity index (χ2v) is 5.18. The summed E-state index contributed by atoms with van der Waals surface area (Å²) in [5.74, 6) is 0.887. The Kier molecular flexibility index (Phi) is 5.33. The van der Waals surface area contributed by atoms with Gasteiger partial charge in [-0.05, 0) is 6.07 Å². The Hall–Kier alpha value is -1.43. The van der Waals surface area contributed by atoms with Crippen molar-refractivity contribution in [1.82, 2.24) is 19.8 Å². The summed E-state index contributed by atoms with van der Waals surface area (Å²) in [5, 5.41) is 3.39. The average molecular weight is 311 g/mol. The molecule has 4 nitrogen and oxygen atoms in total. The monoisotopic (exact) mass is 310 g/mol. The summed E-state index contributed by atoms with van der Waals surface area (Å²) in [5.41, 5.74) is 0.744. The zero-order valence-corrected chi connectivity index (χ0v) is 12.8. The lowest BCUT2D eigenvalue weighted by molar-refractivity contribution is 0.143. The van der Waals surface area contributed by atoms with Crippen molar-refractivity contribution in [2.75, 3.05) is 19.6 Å². The smallest absolute Gasteiger partial charge is 0.127 e. The van der Waals surface area contributed by atoms with E-state index in [1.54, 1.807) is 6.07 Å². The highest BCUT2D eigenvalue weighted by Gasteiger charge is 2.27. The summed E-state index contributed by atoms with van der Waals surface area (Å²) in [6.07, 6.45) is 3.76. The van der Waals surface area contributed by atoms with E-state index in [1.807, 2.05) is 36.1 Å². The SMILES string of the molecule is Cl.Cn1ccnc1C1CNCCN1Cc1ccccc1F. The minimum atomic E-state index is -0.135. The van der Waals surface area contributed by atoms with E-state index in [1.165, 1.54) is 6.07 Å². The van der Waals surface area contributed by atoms with Crippen LogP contribution in [0, 0.1) is 5.82 Å². The van der Waals surface area contributed by atoms with Crippen LogP contribution >= 0.6 is 12.4 Å². The normalized spacial score (nSPS) is 19.2. The van der Waals surface area contributed by atoms with Gasteiger partial charge in [-0.25, -0.2) is 9.37 Å². The highest BCUT2D eigenvalue weighted by Crippen LogP contribution is 2.23. The Morgan fingerprint density at radius 3 is 2.90 bits per heavy atom. The Balaban J connectivity index is 0.00000161. The van der Waals surface area contributed by atoms with E-state index in [4.69, 9.17) is 0 Å². The summed E-state index contributed by atoms with van der Waals surface area (Å²) in [4.78, 5) is 6.73. The van der Waals surface area contributed by atoms with Crippen LogP contribution in [-0.4, -0.2) is 34.1 Å². The van der Waals surface area contributed by atoms with Crippen LogP contribution in [0.1, 0.15) is 17.4 Å². The number of nitrogens with one attached hydrogen (secondary N) is 1. The fourth-order valence-corrected chi connectivity index (χ4v) is 2.73. The largest absolute Gasteiger partial charge is 0.337 e. The summed E-state index contributed by atoms with van der Waals surface area (Å²) < 4.78 is 15.9. The molecule has 0 spiro atoms. The van der Waals surface area contributed by atoms with Crippen LogP contribution in [-0.2, 0) is 13.6 Å². The Morgan fingerprint density at radius 2 is 2.19 bits per heavy atom. The molecule has 0 radical (unpaired) electrons. The van der Waals surface area contributed by atoms with Gasteiger partial charge < -0.3 is 9.88 Å². The zero-order valence-electron chi connectivity index (χ0n) is 12.0. The van der Waals surface area contributed by atoms with Gasteiger partial charge >= 0.3 is 0 Å². The van der Waals surface area contributed by atoms with Gasteiger partial charge in [0, 0.05) is 51.2 Å². The number of halogens is 2. The van der Waals surface area contributed by atoms with Crippen LogP contribution in [0.5, 0.6) is 0 Å². The molecule has 21 heavy (non-hydrogen) atoms. The van der Waals surface area contributed by atoms with Crippen molar-refractivity contribution in [2.45, 2.75) is 12.6 Å². The fraction of sp³-hybridized carbons (Fsp3) is 0.400. The number of piperazine rings is 1. The third kappa shape index (κ3) is 3.43. The minimum absolute atomic E-state index is 0. The minimum Gasteiger partial charge on any atom is -0.337 e. The molecule has 0 bridgehead atoms. The van der Waals surface area contributed by atoms with Crippen LogP contribution in [0.2, 0.25) is 0 Å². The van der Waals surface area contributed by atoms with E-state index >= 15 is 0 Å². The predicted octanol–water partition coefficient (Wildman–Crippen LogP) is 2.13. The van der Waals surface area contributed by atoms with E-state index in [0.29, 0.717) is 6.54 Å². The molecule has 2 aromatic rings. The summed E-state index contributed by atoms with van der Waals surface area (Å²) in [7, 11) is 2.00. The highest BCUT2D eigenvalue weighted by atomic mass is 35.5. The molecule has 1 aliphatic heterocycles. The van der Waals surface area contributed by atoms with Gasteiger partial charge in [0.05, 0.1) is 6.04 Å². The van der Waals surface area contributed by atoms with Crippen LogP contribution in [0.15, 0.2) is 36.7 Å². The van der Waals surface area contributed by atoms with Gasteiger partial charge in [0.25, 0.3) is 0 Å². The topological polar surface area (TPSA) is 33.1 Å². The van der Waals surface area contributed by atoms with Gasteiger partial charge in [0.1, 0.15) is 11.6 Å². The van der Waals surface area contributed by atoms with Gasteiger partial charge in [0.15, 0.2) is 0 Å². The summed E-state index contributed by atoms with van der Waals surface area (Å²) in [6, 6.07) is 7.17. The Labute approximate surface area is 130 Å². The van der Waals surface area contributed by atoms with Crippen LogP contribution in [0.4, 0.5) is 4.39 Å². The number of nitrogens with zero attached hydrogens (tertiary/aromatic N) is 3. The molecule has 1 unspecified atom stereocenters. The van der Waals surface area contributed by atoms with Crippen LogP contribution in [0.3, 0.4) is 0 Å². The predicted molar refractivity (Wildman–Crippen MR) is 82.9 cm³/mol. The quantitative estimate of drug-likeness (QED) is 0.943. The number of hydrogen-bond donors (Lipinski definition) is 1. The third-order valence-corrected chi connectivity index (χ3v) is 3.84. The molecule has 1 aromatic heterocycles. The van der Waals surface area contributed by atoms with Gasteiger partial charge in [-0.2, -0.15) is 0 Å². The molecule has 0 aliphatic carbocycles. The van der Waals surface area contributed by atoms with E-state index < -0.39 is 0 Å². The molecule has 1 aromatic carbocycles. The lowest BCUT2D eigenvalue weighted by Crippen LogP contribution is -2.46. The maximum Gasteiger partial charge on any atom is 0.127 e. The second kappa shape index (κ2) is 7.02. The Morgan fingerprint density at radius 1 is 1.38 bits per heavy atom. The Bertz CT molecular complexity index is 587. The van der Waals surface area contributed by atoms with Gasteiger partial charge in [-0.15, -0.1) is 12.4 Å². The van der Waals surface area contributed by atoms with E-state index in [9.17, 15) is 4.39 Å². The lowest BCUT2D eigenvalue weighted by atomic mass is 10.1. The molecule has 1 atom stereocenters. The number of rotatable bonds is 3. The number of hydrogen-bond acceptors (Lipinski definition) is 3. The van der Waals surface area contributed by atoms with Crippen molar-refractivity contribution >= 4 is 12.4 Å². The maximum absolute atomic E-state index is 13.8. The molecule has 0 saturated carbocycles. The zero-order chi connectivity index (χ0) is 13.9. The van der Waals surface area contributed by atoms with Crippen molar-refractivity contribution in [3.63, 3.8) is 0 Å². The van der Waals surface area contributed by atoms with E-state index in [2.05, 4.69) is 15.2 Å². The molecule has 1 fully saturated rings. The molecular weight excluding hydrogens is 291 g/mol. The van der Waals surface area contributed by atoms with Crippen molar-refractivity contribution in [3.8, 4) is 0 Å². The number of benzene rings is 1. The summed E-state index contributed by atoms with van der Waals surface area (Å²) in [6.45, 7) is 3.28. The maximum atomic E-state index is 13.8. The summed E-state index contributed by atoms with van der Waals surface area (Å²) >= 11 is 0. The molecule has 114 valence electrons. The molecule has 1 N–H and O–H groups in total. The van der Waals surface area contributed by atoms with E-state index in [0.717, 1.165) is 31.0 Å². The van der Waals surface area contributed by atoms with Crippen molar-refractivity contribution in [3.05, 3.63) is 53.9 Å². The molecule has 2 heterocycles. The van der Waals surface area contributed by atoms with Crippen LogP contribution in [0.25, 0.3) is 0 Å². The first-order valence-corrected chi connectivity index (χ1v) is 6.91. The fourth-order valence-electron chi connectivity index (χ4n) is 2.73. The molecule has 6 heteroatoms. The number of aryl methyl sites for hydroxylation is 1. The standard InChI is InChI=1S/C15H19FN4.ClH/c1-19-8-7-18-15(19)14-10-17-6-9-20(14)11-12-4-2-3-5-13(12)16;/h2-5,7-8,14,17H,6,9-11H2,1H3;1H. The molecule has 0 amide bonds. The first kappa shape index (κ1) is 15.9. The first-order chi connectivity index (χ1) is 9.75.